The highest BCUT2D eigenvalue weighted by Crippen LogP contribution is 2.15. The molecule has 1 aliphatic rings. The van der Waals surface area contributed by atoms with Crippen molar-refractivity contribution in [2.24, 2.45) is 0 Å². The first-order chi connectivity index (χ1) is 13.3. The first-order valence-electron chi connectivity index (χ1n) is 9.33. The molecule has 0 bridgehead atoms. The van der Waals surface area contributed by atoms with Crippen molar-refractivity contribution >= 4 is 16.8 Å². The number of hydrogen-bond acceptors (Lipinski definition) is 6. The molecule has 27 heavy (non-hydrogen) atoms. The Kier molecular flexibility index (Phi) is 5.34. The smallest absolute Gasteiger partial charge is 0.234 e. The van der Waals surface area contributed by atoms with Crippen LogP contribution in [0.1, 0.15) is 6.42 Å². The van der Waals surface area contributed by atoms with Crippen molar-refractivity contribution in [3.05, 3.63) is 65.1 Å². The lowest BCUT2D eigenvalue weighted by Crippen LogP contribution is -2.47. The summed E-state index contributed by atoms with van der Waals surface area (Å²) in [7, 11) is 0. The molecule has 6 nitrogen and oxygen atoms in total. The van der Waals surface area contributed by atoms with Gasteiger partial charge in [0, 0.05) is 38.9 Å². The van der Waals surface area contributed by atoms with Crippen LogP contribution in [0.5, 0.6) is 5.75 Å². The highest BCUT2D eigenvalue weighted by molar-refractivity contribution is 5.77. The molecule has 140 valence electrons. The Morgan fingerprint density at radius 1 is 1.04 bits per heavy atom. The first-order valence-corrected chi connectivity index (χ1v) is 9.33. The number of ether oxygens (including phenoxy) is 1. The average molecular weight is 365 g/mol. The maximum atomic E-state index is 12.4. The molecule has 0 atom stereocenters. The van der Waals surface area contributed by atoms with E-state index in [0.29, 0.717) is 17.6 Å². The Labute approximate surface area is 158 Å². The van der Waals surface area contributed by atoms with E-state index in [0.717, 1.165) is 45.0 Å². The summed E-state index contributed by atoms with van der Waals surface area (Å²) in [6.07, 6.45) is 4.12. The fourth-order valence-corrected chi connectivity index (χ4v) is 3.37. The summed E-state index contributed by atoms with van der Waals surface area (Å²) >= 11 is 0. The second-order valence-electron chi connectivity index (χ2n) is 6.64. The van der Waals surface area contributed by atoms with Gasteiger partial charge >= 0.3 is 0 Å². The zero-order valence-electron chi connectivity index (χ0n) is 15.2. The molecule has 1 fully saturated rings. The Balaban J connectivity index is 1.23. The van der Waals surface area contributed by atoms with Crippen LogP contribution in [-0.2, 0) is 0 Å². The lowest BCUT2D eigenvalue weighted by atomic mass is 10.2. The van der Waals surface area contributed by atoms with Crippen molar-refractivity contribution < 1.29 is 9.15 Å². The molecule has 1 aromatic carbocycles. The average Bonchev–Trinajstić information content (AvgIpc) is 2.74. The Hall–Kier alpha value is -2.86. The van der Waals surface area contributed by atoms with E-state index in [1.807, 2.05) is 30.5 Å². The van der Waals surface area contributed by atoms with Crippen LogP contribution in [0.2, 0.25) is 0 Å². The molecule has 0 aliphatic carbocycles. The highest BCUT2D eigenvalue weighted by atomic mass is 16.5. The molecule has 0 N–H and O–H groups in total. The van der Waals surface area contributed by atoms with Crippen molar-refractivity contribution in [2.45, 2.75) is 6.42 Å². The summed E-state index contributed by atoms with van der Waals surface area (Å²) in [6, 6.07) is 13.2. The van der Waals surface area contributed by atoms with Gasteiger partial charge in [-0.25, -0.2) is 4.98 Å². The van der Waals surface area contributed by atoms with E-state index in [1.54, 1.807) is 12.1 Å². The lowest BCUT2D eigenvalue weighted by Gasteiger charge is -2.35. The van der Waals surface area contributed by atoms with Gasteiger partial charge < -0.3 is 14.1 Å². The zero-order valence-corrected chi connectivity index (χ0v) is 15.2. The molecular formula is C21H23N3O3. The summed E-state index contributed by atoms with van der Waals surface area (Å²) in [5.41, 5.74) is 0.474. The van der Waals surface area contributed by atoms with Crippen molar-refractivity contribution in [2.75, 3.05) is 44.2 Å². The predicted octanol–water partition coefficient (Wildman–Crippen LogP) is 2.78. The number of piperazine rings is 1. The van der Waals surface area contributed by atoms with Crippen molar-refractivity contribution in [3.63, 3.8) is 0 Å². The molecule has 6 heteroatoms. The van der Waals surface area contributed by atoms with Crippen LogP contribution < -0.4 is 15.1 Å². The Morgan fingerprint density at radius 2 is 1.85 bits per heavy atom. The number of para-hydroxylation sites is 1. The fraction of sp³-hybridized carbons (Fsp3) is 0.333. The van der Waals surface area contributed by atoms with Gasteiger partial charge in [0.2, 0.25) is 11.2 Å². The molecule has 3 heterocycles. The summed E-state index contributed by atoms with van der Waals surface area (Å²) in [4.78, 5) is 21.5. The number of aromatic nitrogens is 1. The van der Waals surface area contributed by atoms with E-state index in [4.69, 9.17) is 9.15 Å². The number of fused-ring (bicyclic) bond motifs is 1. The molecule has 4 rings (SSSR count). The van der Waals surface area contributed by atoms with Crippen LogP contribution >= 0.6 is 0 Å². The number of benzene rings is 1. The highest BCUT2D eigenvalue weighted by Gasteiger charge is 2.17. The lowest BCUT2D eigenvalue weighted by molar-refractivity contribution is 0.222. The molecule has 3 aromatic rings. The van der Waals surface area contributed by atoms with Crippen molar-refractivity contribution in [1.29, 1.82) is 0 Å². The second-order valence-corrected chi connectivity index (χ2v) is 6.64. The topological polar surface area (TPSA) is 58.8 Å². The monoisotopic (exact) mass is 365 g/mol. The quantitative estimate of drug-likeness (QED) is 0.626. The normalized spacial score (nSPS) is 15.2. The number of rotatable bonds is 6. The standard InChI is InChI=1S/C21H23N3O3/c25-21-17-6-1-2-7-18(17)27-16-19(21)26-15-5-10-23-11-13-24(14-12-23)20-8-3-4-9-22-20/h1-4,6-9,16H,5,10-15H2. The van der Waals surface area contributed by atoms with Crippen LogP contribution in [0.15, 0.2) is 64.1 Å². The van der Waals surface area contributed by atoms with Gasteiger partial charge in [-0.1, -0.05) is 18.2 Å². The van der Waals surface area contributed by atoms with Gasteiger partial charge in [0.25, 0.3) is 0 Å². The van der Waals surface area contributed by atoms with Gasteiger partial charge in [-0.15, -0.1) is 0 Å². The second kappa shape index (κ2) is 8.22. The number of nitrogens with zero attached hydrogens (tertiary/aromatic N) is 3. The van der Waals surface area contributed by atoms with Crippen LogP contribution in [0.25, 0.3) is 11.0 Å². The van der Waals surface area contributed by atoms with Crippen molar-refractivity contribution in [3.8, 4) is 5.75 Å². The van der Waals surface area contributed by atoms with Crippen LogP contribution in [0, 0.1) is 0 Å². The molecule has 0 spiro atoms. The Bertz CT molecular complexity index is 934. The minimum atomic E-state index is -0.110. The third-order valence-corrected chi connectivity index (χ3v) is 4.87. The first kappa shape index (κ1) is 17.5. The maximum Gasteiger partial charge on any atom is 0.234 e. The molecular weight excluding hydrogens is 342 g/mol. The molecule has 0 amide bonds. The molecule has 1 saturated heterocycles. The van der Waals surface area contributed by atoms with Gasteiger partial charge in [-0.05, 0) is 30.7 Å². The van der Waals surface area contributed by atoms with E-state index >= 15 is 0 Å². The molecule has 2 aromatic heterocycles. The number of pyridine rings is 1. The third-order valence-electron chi connectivity index (χ3n) is 4.87. The summed E-state index contributed by atoms with van der Waals surface area (Å²) in [6.45, 7) is 5.43. The van der Waals surface area contributed by atoms with Crippen LogP contribution in [0.3, 0.4) is 0 Å². The van der Waals surface area contributed by atoms with Gasteiger partial charge in [-0.2, -0.15) is 0 Å². The van der Waals surface area contributed by atoms with Gasteiger partial charge in [0.15, 0.2) is 0 Å². The minimum absolute atomic E-state index is 0.110. The largest absolute Gasteiger partial charge is 0.487 e. The summed E-state index contributed by atoms with van der Waals surface area (Å²) in [5, 5.41) is 0.556. The minimum Gasteiger partial charge on any atom is -0.487 e. The Morgan fingerprint density at radius 3 is 2.67 bits per heavy atom. The summed E-state index contributed by atoms with van der Waals surface area (Å²) in [5.74, 6) is 1.33. The van der Waals surface area contributed by atoms with Crippen LogP contribution in [0.4, 0.5) is 5.82 Å². The van der Waals surface area contributed by atoms with Gasteiger partial charge in [0.05, 0.1) is 12.0 Å². The molecule has 1 aliphatic heterocycles. The number of anilines is 1. The maximum absolute atomic E-state index is 12.4. The SMILES string of the molecule is O=c1c(OCCCN2CCN(c3ccccn3)CC2)coc2ccccc12. The van der Waals surface area contributed by atoms with Gasteiger partial charge in [-0.3, -0.25) is 9.69 Å². The van der Waals surface area contributed by atoms with E-state index in [9.17, 15) is 4.79 Å². The van der Waals surface area contributed by atoms with Crippen LogP contribution in [-0.4, -0.2) is 49.2 Å². The van der Waals surface area contributed by atoms with Gasteiger partial charge in [0.1, 0.15) is 17.7 Å². The molecule has 0 unspecified atom stereocenters. The third kappa shape index (κ3) is 4.11. The van der Waals surface area contributed by atoms with E-state index in [-0.39, 0.29) is 11.2 Å². The summed E-state index contributed by atoms with van der Waals surface area (Å²) < 4.78 is 11.2. The van der Waals surface area contributed by atoms with E-state index in [1.165, 1.54) is 6.26 Å². The van der Waals surface area contributed by atoms with Crippen molar-refractivity contribution in [1.82, 2.24) is 9.88 Å². The molecule has 0 radical (unpaired) electrons. The fourth-order valence-electron chi connectivity index (χ4n) is 3.37. The number of hydrogen-bond donors (Lipinski definition) is 0. The van der Waals surface area contributed by atoms with E-state index < -0.39 is 0 Å². The zero-order chi connectivity index (χ0) is 18.5. The van der Waals surface area contributed by atoms with E-state index in [2.05, 4.69) is 20.9 Å². The predicted molar refractivity (Wildman–Crippen MR) is 105 cm³/mol. The molecule has 0 saturated carbocycles.